The smallest absolute Gasteiger partial charge is 0.260 e. The molecule has 2 aromatic carbocycles. The standard InChI is InChI=1S/C20H21ClN2O3/c1-15-2-8-18(9-3-15)26-14-19(24)22-10-12-23(13-11-22)20(25)16-4-6-17(21)7-5-16/h2-9H,10-14H2,1H3. The number of piperazine rings is 1. The molecule has 1 saturated heterocycles. The molecule has 2 amide bonds. The topological polar surface area (TPSA) is 49.9 Å². The summed E-state index contributed by atoms with van der Waals surface area (Å²) in [6.07, 6.45) is 0. The van der Waals surface area contributed by atoms with Gasteiger partial charge >= 0.3 is 0 Å². The predicted octanol–water partition coefficient (Wildman–Crippen LogP) is 3.01. The first-order valence-corrected chi connectivity index (χ1v) is 8.93. The Labute approximate surface area is 158 Å². The molecule has 1 fully saturated rings. The molecule has 0 atom stereocenters. The molecule has 1 aliphatic rings. The van der Waals surface area contributed by atoms with Crippen LogP contribution in [0.15, 0.2) is 48.5 Å². The van der Waals surface area contributed by atoms with Gasteiger partial charge in [-0.1, -0.05) is 29.3 Å². The Kier molecular flexibility index (Phi) is 5.78. The van der Waals surface area contributed by atoms with Gasteiger partial charge in [0.05, 0.1) is 0 Å². The normalized spacial score (nSPS) is 14.2. The molecule has 0 unspecified atom stereocenters. The number of nitrogens with zero attached hydrogens (tertiary/aromatic N) is 2. The number of carbonyl (C=O) groups excluding carboxylic acids is 2. The Balaban J connectivity index is 1.48. The summed E-state index contributed by atoms with van der Waals surface area (Å²) in [7, 11) is 0. The monoisotopic (exact) mass is 372 g/mol. The lowest BCUT2D eigenvalue weighted by atomic mass is 10.2. The number of hydrogen-bond acceptors (Lipinski definition) is 3. The molecule has 26 heavy (non-hydrogen) atoms. The second-order valence-electron chi connectivity index (χ2n) is 6.28. The highest BCUT2D eigenvalue weighted by molar-refractivity contribution is 6.30. The molecule has 5 nitrogen and oxygen atoms in total. The lowest BCUT2D eigenvalue weighted by Crippen LogP contribution is -2.51. The highest BCUT2D eigenvalue weighted by Gasteiger charge is 2.25. The van der Waals surface area contributed by atoms with Crippen molar-refractivity contribution >= 4 is 23.4 Å². The third-order valence-electron chi connectivity index (χ3n) is 4.39. The predicted molar refractivity (Wildman–Crippen MR) is 101 cm³/mol. The van der Waals surface area contributed by atoms with E-state index in [1.54, 1.807) is 34.1 Å². The van der Waals surface area contributed by atoms with Gasteiger partial charge in [-0.2, -0.15) is 0 Å². The maximum absolute atomic E-state index is 12.5. The van der Waals surface area contributed by atoms with E-state index in [0.29, 0.717) is 42.5 Å². The SMILES string of the molecule is Cc1ccc(OCC(=O)N2CCN(C(=O)c3ccc(Cl)cc3)CC2)cc1. The van der Waals surface area contributed by atoms with Crippen molar-refractivity contribution in [2.24, 2.45) is 0 Å². The van der Waals surface area contributed by atoms with Gasteiger partial charge in [0.2, 0.25) is 0 Å². The van der Waals surface area contributed by atoms with Gasteiger partial charge in [0.25, 0.3) is 11.8 Å². The lowest BCUT2D eigenvalue weighted by Gasteiger charge is -2.34. The first kappa shape index (κ1) is 18.3. The summed E-state index contributed by atoms with van der Waals surface area (Å²) < 4.78 is 5.55. The van der Waals surface area contributed by atoms with Gasteiger partial charge in [-0.15, -0.1) is 0 Å². The van der Waals surface area contributed by atoms with Gasteiger partial charge in [-0.05, 0) is 43.3 Å². The summed E-state index contributed by atoms with van der Waals surface area (Å²) in [4.78, 5) is 28.3. The van der Waals surface area contributed by atoms with Gasteiger partial charge in [0.1, 0.15) is 5.75 Å². The zero-order chi connectivity index (χ0) is 18.5. The van der Waals surface area contributed by atoms with Crippen molar-refractivity contribution in [2.45, 2.75) is 6.92 Å². The van der Waals surface area contributed by atoms with E-state index >= 15 is 0 Å². The molecule has 1 heterocycles. The van der Waals surface area contributed by atoms with Crippen LogP contribution in [0.2, 0.25) is 5.02 Å². The summed E-state index contributed by atoms with van der Waals surface area (Å²) in [6, 6.07) is 14.4. The van der Waals surface area contributed by atoms with E-state index in [9.17, 15) is 9.59 Å². The molecule has 0 spiro atoms. The van der Waals surface area contributed by atoms with Gasteiger partial charge in [-0.3, -0.25) is 9.59 Å². The molecule has 0 bridgehead atoms. The highest BCUT2D eigenvalue weighted by atomic mass is 35.5. The quantitative estimate of drug-likeness (QED) is 0.829. The third kappa shape index (κ3) is 4.55. The van der Waals surface area contributed by atoms with Crippen LogP contribution in [0.4, 0.5) is 0 Å². The molecule has 136 valence electrons. The third-order valence-corrected chi connectivity index (χ3v) is 4.65. The van der Waals surface area contributed by atoms with E-state index < -0.39 is 0 Å². The van der Waals surface area contributed by atoms with Crippen molar-refractivity contribution in [3.05, 3.63) is 64.7 Å². The van der Waals surface area contributed by atoms with Crippen LogP contribution in [0.25, 0.3) is 0 Å². The van der Waals surface area contributed by atoms with Crippen LogP contribution in [0.5, 0.6) is 5.75 Å². The van der Waals surface area contributed by atoms with Crippen molar-refractivity contribution in [3.63, 3.8) is 0 Å². The zero-order valence-corrected chi connectivity index (χ0v) is 15.4. The molecule has 0 radical (unpaired) electrons. The van der Waals surface area contributed by atoms with Crippen molar-refractivity contribution < 1.29 is 14.3 Å². The molecule has 2 aromatic rings. The number of halogens is 1. The summed E-state index contributed by atoms with van der Waals surface area (Å²) in [5.41, 5.74) is 1.75. The average Bonchev–Trinajstić information content (AvgIpc) is 2.67. The van der Waals surface area contributed by atoms with Crippen molar-refractivity contribution in [1.29, 1.82) is 0 Å². The summed E-state index contributed by atoms with van der Waals surface area (Å²) in [5.74, 6) is 0.578. The van der Waals surface area contributed by atoms with Gasteiger partial charge in [0, 0.05) is 36.8 Å². The number of ether oxygens (including phenoxy) is 1. The number of aryl methyl sites for hydroxylation is 1. The van der Waals surface area contributed by atoms with Crippen LogP contribution in [0.3, 0.4) is 0 Å². The first-order valence-electron chi connectivity index (χ1n) is 8.55. The average molecular weight is 373 g/mol. The van der Waals surface area contributed by atoms with Crippen LogP contribution in [0.1, 0.15) is 15.9 Å². The van der Waals surface area contributed by atoms with Gasteiger partial charge < -0.3 is 14.5 Å². The Hall–Kier alpha value is -2.53. The van der Waals surface area contributed by atoms with Crippen molar-refractivity contribution in [3.8, 4) is 5.75 Å². The van der Waals surface area contributed by atoms with Crippen LogP contribution in [-0.4, -0.2) is 54.4 Å². The maximum atomic E-state index is 12.5. The summed E-state index contributed by atoms with van der Waals surface area (Å²) >= 11 is 5.86. The van der Waals surface area contributed by atoms with Crippen LogP contribution in [0, 0.1) is 6.92 Å². The van der Waals surface area contributed by atoms with Gasteiger partial charge in [-0.25, -0.2) is 0 Å². The number of carbonyl (C=O) groups is 2. The van der Waals surface area contributed by atoms with Crippen molar-refractivity contribution in [1.82, 2.24) is 9.80 Å². The minimum Gasteiger partial charge on any atom is -0.484 e. The number of amides is 2. The number of hydrogen-bond donors (Lipinski definition) is 0. The fourth-order valence-corrected chi connectivity index (χ4v) is 2.93. The van der Waals surface area contributed by atoms with Crippen LogP contribution in [-0.2, 0) is 4.79 Å². The fourth-order valence-electron chi connectivity index (χ4n) is 2.80. The summed E-state index contributed by atoms with van der Waals surface area (Å²) in [5, 5.41) is 0.602. The second kappa shape index (κ2) is 8.23. The van der Waals surface area contributed by atoms with Crippen LogP contribution < -0.4 is 4.74 Å². The van der Waals surface area contributed by atoms with E-state index in [4.69, 9.17) is 16.3 Å². The number of rotatable bonds is 4. The Morgan fingerprint density at radius 3 is 2.12 bits per heavy atom. The molecular weight excluding hydrogens is 352 g/mol. The van der Waals surface area contributed by atoms with Crippen molar-refractivity contribution in [2.75, 3.05) is 32.8 Å². The molecule has 0 aromatic heterocycles. The second-order valence-corrected chi connectivity index (χ2v) is 6.72. The Morgan fingerprint density at radius 1 is 0.923 bits per heavy atom. The minimum atomic E-state index is -0.0656. The molecular formula is C20H21ClN2O3. The highest BCUT2D eigenvalue weighted by Crippen LogP contribution is 2.14. The lowest BCUT2D eigenvalue weighted by molar-refractivity contribution is -0.134. The fraction of sp³-hybridized carbons (Fsp3) is 0.300. The Morgan fingerprint density at radius 2 is 1.50 bits per heavy atom. The molecule has 6 heteroatoms. The van der Waals surface area contributed by atoms with Gasteiger partial charge in [0.15, 0.2) is 6.61 Å². The Bertz CT molecular complexity index is 767. The molecule has 1 aliphatic heterocycles. The molecule has 0 N–H and O–H groups in total. The molecule has 0 saturated carbocycles. The number of benzene rings is 2. The maximum Gasteiger partial charge on any atom is 0.260 e. The zero-order valence-electron chi connectivity index (χ0n) is 14.7. The van der Waals surface area contributed by atoms with E-state index in [1.807, 2.05) is 31.2 Å². The molecule has 0 aliphatic carbocycles. The van der Waals surface area contributed by atoms with Crippen LogP contribution >= 0.6 is 11.6 Å². The summed E-state index contributed by atoms with van der Waals surface area (Å²) in [6.45, 7) is 4.05. The van der Waals surface area contributed by atoms with E-state index in [2.05, 4.69) is 0 Å². The van der Waals surface area contributed by atoms with E-state index in [-0.39, 0.29) is 18.4 Å². The van der Waals surface area contributed by atoms with E-state index in [1.165, 1.54) is 0 Å². The van der Waals surface area contributed by atoms with E-state index in [0.717, 1.165) is 5.56 Å². The minimum absolute atomic E-state index is 0.00813. The largest absolute Gasteiger partial charge is 0.484 e. The molecule has 3 rings (SSSR count). The first-order chi connectivity index (χ1) is 12.5.